The molecule has 0 amide bonds. The molecular weight excluding hydrogens is 733 g/mol. The van der Waals surface area contributed by atoms with E-state index >= 15 is 0 Å². The molecule has 0 radical (unpaired) electrons. The van der Waals surface area contributed by atoms with Crippen molar-refractivity contribution in [2.45, 2.75) is 206 Å². The third-order valence-electron chi connectivity index (χ3n) is 9.39. The predicted octanol–water partition coefficient (Wildman–Crippen LogP) is 11.6. The fourth-order valence-electron chi connectivity index (χ4n) is 5.90. The van der Waals surface area contributed by atoms with Crippen LogP contribution in [0, 0.1) is 0 Å². The summed E-state index contributed by atoms with van der Waals surface area (Å²) in [5.41, 5.74) is 5.33. The van der Waals surface area contributed by atoms with Gasteiger partial charge in [-0.3, -0.25) is 23.4 Å². The van der Waals surface area contributed by atoms with Crippen molar-refractivity contribution in [2.75, 3.05) is 19.8 Å². The standard InChI is InChI=1S/C44H80NO10P/c1-3-5-7-9-11-13-15-17-19-20-22-24-26-28-30-32-34-36-43(47)55-40(38-53-56(50,51)54-39-41(45)44(48)49)37-52-42(46)35-33-31-29-27-25-23-21-18-16-14-12-10-8-6-4-2/h17,19,22,24,28,30,40-41H,3-16,18,20-21,23,25-27,29,31-39,45H2,1-2H3,(H,48,49)(H,50,51)/b19-17-,24-22-,30-28-/t40-,41+/m1/s1. The fourth-order valence-corrected chi connectivity index (χ4v) is 6.68. The number of hydrogen-bond donors (Lipinski definition) is 3. The van der Waals surface area contributed by atoms with E-state index in [1.54, 1.807) is 0 Å². The molecule has 0 aliphatic rings. The number of carbonyl (C=O) groups excluding carboxylic acids is 2. The number of phosphoric acid groups is 1. The predicted molar refractivity (Wildman–Crippen MR) is 226 cm³/mol. The number of phosphoric ester groups is 1. The minimum Gasteiger partial charge on any atom is -0.480 e. The molecule has 0 bridgehead atoms. The molecule has 0 heterocycles. The number of esters is 2. The van der Waals surface area contributed by atoms with Crippen LogP contribution in [0.15, 0.2) is 36.5 Å². The molecule has 4 N–H and O–H groups in total. The van der Waals surface area contributed by atoms with E-state index in [1.807, 2.05) is 12.2 Å². The Morgan fingerprint density at radius 1 is 0.554 bits per heavy atom. The molecule has 1 unspecified atom stereocenters. The Kier molecular flexibility index (Phi) is 37.9. The summed E-state index contributed by atoms with van der Waals surface area (Å²) < 4.78 is 32.6. The second-order valence-electron chi connectivity index (χ2n) is 14.8. The third-order valence-corrected chi connectivity index (χ3v) is 10.3. The molecule has 0 saturated carbocycles. The Labute approximate surface area is 340 Å². The van der Waals surface area contributed by atoms with Crippen LogP contribution in [0.3, 0.4) is 0 Å². The van der Waals surface area contributed by atoms with E-state index in [-0.39, 0.29) is 19.4 Å². The van der Waals surface area contributed by atoms with Gasteiger partial charge in [-0.05, 0) is 44.9 Å². The Bertz CT molecular complexity index is 1100. The van der Waals surface area contributed by atoms with Gasteiger partial charge in [-0.25, -0.2) is 4.57 Å². The van der Waals surface area contributed by atoms with Crippen LogP contribution in [0.2, 0.25) is 0 Å². The van der Waals surface area contributed by atoms with Crippen LogP contribution in [0.1, 0.15) is 194 Å². The minimum atomic E-state index is -4.73. The third kappa shape index (κ3) is 38.6. The molecule has 0 spiro atoms. The molecule has 326 valence electrons. The van der Waals surface area contributed by atoms with Crippen molar-refractivity contribution in [2.24, 2.45) is 5.73 Å². The highest BCUT2D eigenvalue weighted by atomic mass is 31.2. The molecule has 3 atom stereocenters. The van der Waals surface area contributed by atoms with Gasteiger partial charge < -0.3 is 25.2 Å². The molecule has 0 saturated heterocycles. The number of rotatable bonds is 41. The van der Waals surface area contributed by atoms with Gasteiger partial charge in [0.2, 0.25) is 0 Å². The molecule has 12 heteroatoms. The van der Waals surface area contributed by atoms with Gasteiger partial charge in [-0.15, -0.1) is 0 Å². The van der Waals surface area contributed by atoms with E-state index in [0.717, 1.165) is 38.5 Å². The average molecular weight is 814 g/mol. The summed E-state index contributed by atoms with van der Waals surface area (Å²) in [6, 6.07) is -1.53. The first-order valence-electron chi connectivity index (χ1n) is 22.0. The van der Waals surface area contributed by atoms with Crippen LogP contribution in [-0.4, -0.2) is 59.9 Å². The van der Waals surface area contributed by atoms with E-state index < -0.39 is 51.1 Å². The Morgan fingerprint density at radius 2 is 0.964 bits per heavy atom. The van der Waals surface area contributed by atoms with Crippen molar-refractivity contribution < 1.29 is 47.5 Å². The molecule has 0 rings (SSSR count). The quantitative estimate of drug-likeness (QED) is 0.0232. The summed E-state index contributed by atoms with van der Waals surface area (Å²) in [4.78, 5) is 45.9. The highest BCUT2D eigenvalue weighted by Gasteiger charge is 2.28. The molecule has 11 nitrogen and oxygen atoms in total. The average Bonchev–Trinajstić information content (AvgIpc) is 3.17. The second kappa shape index (κ2) is 39.5. The molecule has 0 aromatic carbocycles. The molecule has 0 aliphatic carbocycles. The smallest absolute Gasteiger partial charge is 0.472 e. The maximum atomic E-state index is 12.6. The number of unbranched alkanes of at least 4 members (excludes halogenated alkanes) is 21. The first kappa shape index (κ1) is 53.7. The van der Waals surface area contributed by atoms with Crippen LogP contribution < -0.4 is 5.73 Å². The summed E-state index contributed by atoms with van der Waals surface area (Å²) in [5.74, 6) is -2.44. The SMILES string of the molecule is CCCCCCCC/C=C\C/C=C\C/C=C\CCCC(=O)O[C@H](COC(=O)CCCCCCCCCCCCCCCCC)COP(=O)(O)OC[C@H](N)C(=O)O. The van der Waals surface area contributed by atoms with E-state index in [2.05, 4.69) is 42.7 Å². The molecule has 0 aliphatic heterocycles. The number of ether oxygens (including phenoxy) is 2. The van der Waals surface area contributed by atoms with Gasteiger partial charge in [0.1, 0.15) is 12.6 Å². The van der Waals surface area contributed by atoms with Crippen LogP contribution in [0.4, 0.5) is 0 Å². The van der Waals surface area contributed by atoms with Crippen molar-refractivity contribution in [3.63, 3.8) is 0 Å². The van der Waals surface area contributed by atoms with E-state index in [9.17, 15) is 23.8 Å². The van der Waals surface area contributed by atoms with Crippen molar-refractivity contribution in [1.29, 1.82) is 0 Å². The molecular formula is C44H80NO10P. The van der Waals surface area contributed by atoms with Crippen LogP contribution >= 0.6 is 7.82 Å². The largest absolute Gasteiger partial charge is 0.480 e. The lowest BCUT2D eigenvalue weighted by molar-refractivity contribution is -0.161. The zero-order valence-corrected chi connectivity index (χ0v) is 36.1. The summed E-state index contributed by atoms with van der Waals surface area (Å²) in [6.45, 7) is 2.75. The minimum absolute atomic E-state index is 0.0912. The van der Waals surface area contributed by atoms with Crippen LogP contribution in [0.25, 0.3) is 0 Å². The fraction of sp³-hybridized carbons (Fsp3) is 0.795. The lowest BCUT2D eigenvalue weighted by Gasteiger charge is -2.20. The number of aliphatic carboxylic acids is 1. The number of allylic oxidation sites excluding steroid dienone is 6. The highest BCUT2D eigenvalue weighted by molar-refractivity contribution is 7.47. The number of carbonyl (C=O) groups is 3. The first-order valence-corrected chi connectivity index (χ1v) is 23.5. The van der Waals surface area contributed by atoms with E-state index in [1.165, 1.54) is 109 Å². The first-order chi connectivity index (χ1) is 27.1. The Balaban J connectivity index is 4.43. The molecule has 0 aromatic heterocycles. The monoisotopic (exact) mass is 814 g/mol. The topological polar surface area (TPSA) is 172 Å². The lowest BCUT2D eigenvalue weighted by atomic mass is 10.0. The van der Waals surface area contributed by atoms with Crippen LogP contribution in [-0.2, 0) is 37.5 Å². The Morgan fingerprint density at radius 3 is 1.46 bits per heavy atom. The van der Waals surface area contributed by atoms with Gasteiger partial charge in [0, 0.05) is 12.8 Å². The normalized spacial score (nSPS) is 14.1. The van der Waals surface area contributed by atoms with Crippen LogP contribution in [0.5, 0.6) is 0 Å². The molecule has 56 heavy (non-hydrogen) atoms. The number of carboxylic acids is 1. The lowest BCUT2D eigenvalue weighted by Crippen LogP contribution is -2.34. The van der Waals surface area contributed by atoms with E-state index in [4.69, 9.17) is 24.8 Å². The molecule has 0 aromatic rings. The zero-order chi connectivity index (χ0) is 41.4. The zero-order valence-electron chi connectivity index (χ0n) is 35.2. The van der Waals surface area contributed by atoms with Gasteiger partial charge in [-0.2, -0.15) is 0 Å². The van der Waals surface area contributed by atoms with Crippen molar-refractivity contribution in [3.8, 4) is 0 Å². The number of hydrogen-bond acceptors (Lipinski definition) is 9. The maximum absolute atomic E-state index is 12.6. The van der Waals surface area contributed by atoms with Gasteiger partial charge >= 0.3 is 25.7 Å². The highest BCUT2D eigenvalue weighted by Crippen LogP contribution is 2.43. The summed E-state index contributed by atoms with van der Waals surface area (Å²) >= 11 is 0. The number of carboxylic acid groups (broad SMARTS) is 1. The van der Waals surface area contributed by atoms with Gasteiger partial charge in [0.15, 0.2) is 6.10 Å². The summed E-state index contributed by atoms with van der Waals surface area (Å²) in [7, 11) is -4.73. The van der Waals surface area contributed by atoms with Gasteiger partial charge in [0.05, 0.1) is 13.2 Å². The number of nitrogens with two attached hydrogens (primary N) is 1. The van der Waals surface area contributed by atoms with Gasteiger partial charge in [-0.1, -0.05) is 172 Å². The van der Waals surface area contributed by atoms with Crippen molar-refractivity contribution >= 4 is 25.7 Å². The Hall–Kier alpha value is -2.30. The molecule has 0 fully saturated rings. The summed E-state index contributed by atoms with van der Waals surface area (Å²) in [5, 5.41) is 8.88. The summed E-state index contributed by atoms with van der Waals surface area (Å²) in [6.07, 6.45) is 42.2. The van der Waals surface area contributed by atoms with Crippen molar-refractivity contribution in [3.05, 3.63) is 36.5 Å². The second-order valence-corrected chi connectivity index (χ2v) is 16.3. The van der Waals surface area contributed by atoms with E-state index in [0.29, 0.717) is 19.3 Å². The van der Waals surface area contributed by atoms with Gasteiger partial charge in [0.25, 0.3) is 0 Å². The van der Waals surface area contributed by atoms with Crippen molar-refractivity contribution in [1.82, 2.24) is 0 Å². The maximum Gasteiger partial charge on any atom is 0.472 e.